The standard InChI is InChI=1S/C23H19N3O3/c1-26(18-12-6-3-7-13-18)21(27)16-28-20-15-9-8-14-19(20)23-24-22(25-29-23)17-10-4-2-5-11-17/h2-15H,16H2,1H3. The molecule has 0 aliphatic carbocycles. The van der Waals surface area contributed by atoms with Crippen molar-refractivity contribution in [3.8, 4) is 28.6 Å². The number of para-hydroxylation sites is 2. The highest BCUT2D eigenvalue weighted by atomic mass is 16.5. The topological polar surface area (TPSA) is 68.5 Å². The van der Waals surface area contributed by atoms with Crippen LogP contribution < -0.4 is 9.64 Å². The van der Waals surface area contributed by atoms with Crippen LogP contribution in [0.5, 0.6) is 5.75 Å². The number of ether oxygens (including phenoxy) is 1. The Labute approximate surface area is 168 Å². The molecule has 0 bridgehead atoms. The van der Waals surface area contributed by atoms with Crippen LogP contribution in [0.1, 0.15) is 0 Å². The van der Waals surface area contributed by atoms with Gasteiger partial charge < -0.3 is 14.2 Å². The van der Waals surface area contributed by atoms with E-state index < -0.39 is 0 Å². The normalized spacial score (nSPS) is 10.5. The van der Waals surface area contributed by atoms with Crippen LogP contribution in [-0.2, 0) is 4.79 Å². The maximum atomic E-state index is 12.5. The van der Waals surface area contributed by atoms with Gasteiger partial charge in [-0.05, 0) is 24.3 Å². The number of rotatable bonds is 6. The van der Waals surface area contributed by atoms with Crippen molar-refractivity contribution in [2.75, 3.05) is 18.6 Å². The highest BCUT2D eigenvalue weighted by molar-refractivity contribution is 5.93. The van der Waals surface area contributed by atoms with E-state index in [1.165, 1.54) is 0 Å². The van der Waals surface area contributed by atoms with Gasteiger partial charge in [-0.25, -0.2) is 0 Å². The minimum atomic E-state index is -0.165. The van der Waals surface area contributed by atoms with Gasteiger partial charge in [0.15, 0.2) is 6.61 Å². The van der Waals surface area contributed by atoms with Crippen LogP contribution in [-0.4, -0.2) is 29.7 Å². The lowest BCUT2D eigenvalue weighted by Gasteiger charge is -2.18. The van der Waals surface area contributed by atoms with E-state index in [4.69, 9.17) is 9.26 Å². The first-order valence-corrected chi connectivity index (χ1v) is 9.15. The van der Waals surface area contributed by atoms with E-state index in [0.29, 0.717) is 23.0 Å². The molecule has 3 aromatic carbocycles. The summed E-state index contributed by atoms with van der Waals surface area (Å²) in [6, 6.07) is 26.3. The molecule has 0 aliphatic rings. The molecule has 0 aliphatic heterocycles. The lowest BCUT2D eigenvalue weighted by Crippen LogP contribution is -2.31. The molecule has 1 amide bonds. The van der Waals surface area contributed by atoms with Crippen molar-refractivity contribution < 1.29 is 14.1 Å². The average molecular weight is 385 g/mol. The number of benzene rings is 3. The molecule has 0 fully saturated rings. The molecule has 0 saturated carbocycles. The fraction of sp³-hybridized carbons (Fsp3) is 0.0870. The van der Waals surface area contributed by atoms with Gasteiger partial charge in [-0.3, -0.25) is 4.79 Å². The number of anilines is 1. The number of nitrogens with zero attached hydrogens (tertiary/aromatic N) is 3. The van der Waals surface area contributed by atoms with Crippen LogP contribution in [0, 0.1) is 0 Å². The Morgan fingerprint density at radius 2 is 1.59 bits per heavy atom. The van der Waals surface area contributed by atoms with Gasteiger partial charge in [0.05, 0.1) is 5.56 Å². The summed E-state index contributed by atoms with van der Waals surface area (Å²) in [5, 5.41) is 4.05. The molecule has 4 rings (SSSR count). The second kappa shape index (κ2) is 8.39. The highest BCUT2D eigenvalue weighted by Gasteiger charge is 2.17. The Bertz CT molecular complexity index is 1090. The zero-order valence-corrected chi connectivity index (χ0v) is 15.9. The number of hydrogen-bond acceptors (Lipinski definition) is 5. The van der Waals surface area contributed by atoms with Crippen molar-refractivity contribution in [3.05, 3.63) is 84.9 Å². The zero-order chi connectivity index (χ0) is 20.1. The molecular weight excluding hydrogens is 366 g/mol. The summed E-state index contributed by atoms with van der Waals surface area (Å²) >= 11 is 0. The van der Waals surface area contributed by atoms with E-state index in [2.05, 4.69) is 10.1 Å². The van der Waals surface area contributed by atoms with Gasteiger partial charge in [-0.15, -0.1) is 0 Å². The third-order valence-electron chi connectivity index (χ3n) is 4.44. The lowest BCUT2D eigenvalue weighted by molar-refractivity contribution is -0.120. The van der Waals surface area contributed by atoms with E-state index in [1.54, 1.807) is 18.0 Å². The molecule has 0 radical (unpaired) electrons. The smallest absolute Gasteiger partial charge is 0.264 e. The second-order valence-electron chi connectivity index (χ2n) is 6.36. The molecule has 6 nitrogen and oxygen atoms in total. The predicted octanol–water partition coefficient (Wildman–Crippen LogP) is 4.45. The Kier molecular flexibility index (Phi) is 5.33. The first-order chi connectivity index (χ1) is 14.2. The van der Waals surface area contributed by atoms with Gasteiger partial charge in [0.1, 0.15) is 5.75 Å². The van der Waals surface area contributed by atoms with Crippen LogP contribution in [0.2, 0.25) is 0 Å². The Balaban J connectivity index is 1.51. The fourth-order valence-corrected chi connectivity index (χ4v) is 2.84. The molecule has 0 atom stereocenters. The van der Waals surface area contributed by atoms with Gasteiger partial charge in [-0.2, -0.15) is 4.98 Å². The Morgan fingerprint density at radius 3 is 2.34 bits per heavy atom. The van der Waals surface area contributed by atoms with Gasteiger partial charge in [0, 0.05) is 18.3 Å². The molecular formula is C23H19N3O3. The number of carbonyl (C=O) groups excluding carboxylic acids is 1. The van der Waals surface area contributed by atoms with E-state index in [0.717, 1.165) is 11.3 Å². The minimum absolute atomic E-state index is 0.109. The monoisotopic (exact) mass is 385 g/mol. The van der Waals surface area contributed by atoms with Crippen molar-refractivity contribution >= 4 is 11.6 Å². The minimum Gasteiger partial charge on any atom is -0.483 e. The van der Waals surface area contributed by atoms with Crippen molar-refractivity contribution in [1.29, 1.82) is 0 Å². The molecule has 144 valence electrons. The fourth-order valence-electron chi connectivity index (χ4n) is 2.84. The molecule has 0 N–H and O–H groups in total. The van der Waals surface area contributed by atoms with Crippen molar-refractivity contribution in [1.82, 2.24) is 10.1 Å². The van der Waals surface area contributed by atoms with E-state index in [9.17, 15) is 4.79 Å². The van der Waals surface area contributed by atoms with Gasteiger partial charge in [0.2, 0.25) is 5.82 Å². The van der Waals surface area contributed by atoms with Crippen LogP contribution in [0.3, 0.4) is 0 Å². The first-order valence-electron chi connectivity index (χ1n) is 9.15. The lowest BCUT2D eigenvalue weighted by atomic mass is 10.2. The van der Waals surface area contributed by atoms with Crippen molar-refractivity contribution in [3.63, 3.8) is 0 Å². The number of carbonyl (C=O) groups is 1. The molecule has 4 aromatic rings. The molecule has 1 heterocycles. The number of likely N-dealkylation sites (N-methyl/N-ethyl adjacent to an activating group) is 1. The quantitative estimate of drug-likeness (QED) is 0.491. The van der Waals surface area contributed by atoms with Crippen LogP contribution in [0.15, 0.2) is 89.5 Å². The zero-order valence-electron chi connectivity index (χ0n) is 15.9. The second-order valence-corrected chi connectivity index (χ2v) is 6.36. The maximum absolute atomic E-state index is 12.5. The van der Waals surface area contributed by atoms with E-state index in [-0.39, 0.29) is 12.5 Å². The first kappa shape index (κ1) is 18.4. The molecule has 0 spiro atoms. The van der Waals surface area contributed by atoms with Crippen LogP contribution in [0.25, 0.3) is 22.8 Å². The van der Waals surface area contributed by atoms with Crippen molar-refractivity contribution in [2.24, 2.45) is 0 Å². The Hall–Kier alpha value is -3.93. The van der Waals surface area contributed by atoms with E-state index in [1.807, 2.05) is 78.9 Å². The average Bonchev–Trinajstić information content (AvgIpc) is 3.28. The van der Waals surface area contributed by atoms with Gasteiger partial charge in [0.25, 0.3) is 11.8 Å². The number of amides is 1. The van der Waals surface area contributed by atoms with Gasteiger partial charge >= 0.3 is 0 Å². The summed E-state index contributed by atoms with van der Waals surface area (Å²) in [6.45, 7) is -0.109. The van der Waals surface area contributed by atoms with Crippen LogP contribution in [0.4, 0.5) is 5.69 Å². The SMILES string of the molecule is CN(C(=O)COc1ccccc1-c1nc(-c2ccccc2)no1)c1ccccc1. The maximum Gasteiger partial charge on any atom is 0.264 e. The van der Waals surface area contributed by atoms with Crippen molar-refractivity contribution in [2.45, 2.75) is 0 Å². The molecule has 0 unspecified atom stereocenters. The molecule has 1 aromatic heterocycles. The summed E-state index contributed by atoms with van der Waals surface area (Å²) in [7, 11) is 1.72. The van der Waals surface area contributed by atoms with Gasteiger partial charge in [-0.1, -0.05) is 65.8 Å². The highest BCUT2D eigenvalue weighted by Crippen LogP contribution is 2.30. The predicted molar refractivity (Wildman–Crippen MR) is 111 cm³/mol. The molecule has 0 saturated heterocycles. The van der Waals surface area contributed by atoms with Crippen LogP contribution >= 0.6 is 0 Å². The summed E-state index contributed by atoms with van der Waals surface area (Å²) in [5.41, 5.74) is 2.30. The third-order valence-corrected chi connectivity index (χ3v) is 4.44. The largest absolute Gasteiger partial charge is 0.483 e. The number of hydrogen-bond donors (Lipinski definition) is 0. The summed E-state index contributed by atoms with van der Waals surface area (Å²) in [6.07, 6.45) is 0. The summed E-state index contributed by atoms with van der Waals surface area (Å²) in [5.74, 6) is 1.17. The summed E-state index contributed by atoms with van der Waals surface area (Å²) in [4.78, 5) is 18.5. The molecule has 6 heteroatoms. The summed E-state index contributed by atoms with van der Waals surface area (Å²) < 4.78 is 11.2. The third kappa shape index (κ3) is 4.16. The Morgan fingerprint density at radius 1 is 0.931 bits per heavy atom. The van der Waals surface area contributed by atoms with E-state index >= 15 is 0 Å². The number of aromatic nitrogens is 2. The molecule has 29 heavy (non-hydrogen) atoms.